The quantitative estimate of drug-likeness (QED) is 0.755. The van der Waals surface area contributed by atoms with Crippen LogP contribution in [0.15, 0.2) is 48.8 Å². The summed E-state index contributed by atoms with van der Waals surface area (Å²) in [4.78, 5) is 15.6. The smallest absolute Gasteiger partial charge is 0.252 e. The van der Waals surface area contributed by atoms with Gasteiger partial charge in [-0.3, -0.25) is 14.5 Å². The molecule has 8 heteroatoms. The molecule has 0 bridgehead atoms. The van der Waals surface area contributed by atoms with Crippen LogP contribution in [0.5, 0.6) is 5.75 Å². The Morgan fingerprint density at radius 3 is 2.58 bits per heavy atom. The van der Waals surface area contributed by atoms with Gasteiger partial charge in [-0.15, -0.1) is 0 Å². The van der Waals surface area contributed by atoms with E-state index in [4.69, 9.17) is 4.74 Å². The molecule has 0 radical (unpaired) electrons. The Morgan fingerprint density at radius 2 is 1.96 bits per heavy atom. The minimum atomic E-state index is -3.56. The fraction of sp³-hybridized carbons (Fsp3) is 0.250. The first-order valence-corrected chi connectivity index (χ1v) is 9.07. The van der Waals surface area contributed by atoms with Gasteiger partial charge in [0.05, 0.1) is 17.9 Å². The lowest BCUT2D eigenvalue weighted by atomic mass is 10.3. The number of aromatic nitrogens is 1. The fourth-order valence-corrected chi connectivity index (χ4v) is 2.88. The number of carbonyl (C=O) groups is 1. The zero-order chi connectivity index (χ0) is 17.4. The van der Waals surface area contributed by atoms with Gasteiger partial charge in [0.15, 0.2) is 0 Å². The Balaban J connectivity index is 1.84. The van der Waals surface area contributed by atoms with Gasteiger partial charge in [0.1, 0.15) is 5.75 Å². The van der Waals surface area contributed by atoms with Crippen molar-refractivity contribution in [2.75, 3.05) is 23.6 Å². The van der Waals surface area contributed by atoms with E-state index in [0.29, 0.717) is 23.6 Å². The second kappa shape index (κ2) is 8.30. The summed E-state index contributed by atoms with van der Waals surface area (Å²) < 4.78 is 31.8. The Kier molecular flexibility index (Phi) is 6.14. The van der Waals surface area contributed by atoms with Crippen LogP contribution in [0.4, 0.5) is 5.69 Å². The number of hydrogen-bond acceptors (Lipinski definition) is 5. The summed E-state index contributed by atoms with van der Waals surface area (Å²) in [7, 11) is -3.56. The van der Waals surface area contributed by atoms with Crippen molar-refractivity contribution < 1.29 is 17.9 Å². The molecule has 2 rings (SSSR count). The van der Waals surface area contributed by atoms with Crippen LogP contribution in [0.1, 0.15) is 17.3 Å². The Bertz CT molecular complexity index is 762. The molecule has 0 atom stereocenters. The molecule has 0 unspecified atom stereocenters. The molecule has 1 aromatic carbocycles. The molecule has 2 aromatic rings. The number of nitrogens with zero attached hydrogens (tertiary/aromatic N) is 1. The number of ether oxygens (including phenoxy) is 1. The number of benzene rings is 1. The zero-order valence-corrected chi connectivity index (χ0v) is 14.0. The molecule has 24 heavy (non-hydrogen) atoms. The van der Waals surface area contributed by atoms with Crippen molar-refractivity contribution in [3.8, 4) is 5.75 Å². The molecule has 7 nitrogen and oxygen atoms in total. The standard InChI is InChI=1S/C16H19N3O4S/c1-2-23-15-7-5-14(6-8-15)19-24(21,22)11-10-18-16(20)13-4-3-9-17-12-13/h3-9,12,19H,2,10-11H2,1H3,(H,18,20). The average Bonchev–Trinajstić information content (AvgIpc) is 2.57. The summed E-state index contributed by atoms with van der Waals surface area (Å²) in [5.74, 6) is 0.0789. The third-order valence-electron chi connectivity index (χ3n) is 3.02. The minimum absolute atomic E-state index is 0.0000896. The van der Waals surface area contributed by atoms with Gasteiger partial charge in [0, 0.05) is 24.6 Å². The fourth-order valence-electron chi connectivity index (χ4n) is 1.91. The highest BCUT2D eigenvalue weighted by Gasteiger charge is 2.12. The van der Waals surface area contributed by atoms with E-state index in [1.807, 2.05) is 6.92 Å². The van der Waals surface area contributed by atoms with Crippen LogP contribution in [-0.4, -0.2) is 38.2 Å². The normalized spacial score (nSPS) is 10.9. The van der Waals surface area contributed by atoms with Crippen molar-refractivity contribution in [1.82, 2.24) is 10.3 Å². The van der Waals surface area contributed by atoms with Crippen molar-refractivity contribution in [1.29, 1.82) is 0 Å². The van der Waals surface area contributed by atoms with Gasteiger partial charge in [0.25, 0.3) is 5.91 Å². The molecule has 0 aliphatic rings. The van der Waals surface area contributed by atoms with Crippen LogP contribution in [0, 0.1) is 0 Å². The third-order valence-corrected chi connectivity index (χ3v) is 4.31. The Labute approximate surface area is 141 Å². The van der Waals surface area contributed by atoms with E-state index in [2.05, 4.69) is 15.0 Å². The second-order valence-corrected chi connectivity index (χ2v) is 6.72. The molecule has 0 saturated heterocycles. The van der Waals surface area contributed by atoms with Gasteiger partial charge >= 0.3 is 0 Å². The number of anilines is 1. The Morgan fingerprint density at radius 1 is 1.21 bits per heavy atom. The van der Waals surface area contributed by atoms with Gasteiger partial charge in [-0.25, -0.2) is 8.42 Å². The van der Waals surface area contributed by atoms with Crippen LogP contribution in [0.2, 0.25) is 0 Å². The molecule has 0 fully saturated rings. The minimum Gasteiger partial charge on any atom is -0.494 e. The van der Waals surface area contributed by atoms with Crippen molar-refractivity contribution in [3.63, 3.8) is 0 Å². The monoisotopic (exact) mass is 349 g/mol. The average molecular weight is 349 g/mol. The van der Waals surface area contributed by atoms with E-state index in [-0.39, 0.29) is 18.2 Å². The summed E-state index contributed by atoms with van der Waals surface area (Å²) in [6.45, 7) is 2.41. The summed E-state index contributed by atoms with van der Waals surface area (Å²) in [6.07, 6.45) is 2.98. The lowest BCUT2D eigenvalue weighted by Crippen LogP contribution is -2.31. The van der Waals surface area contributed by atoms with Gasteiger partial charge in [0.2, 0.25) is 10.0 Å². The van der Waals surface area contributed by atoms with E-state index in [9.17, 15) is 13.2 Å². The number of carbonyl (C=O) groups excluding carboxylic acids is 1. The maximum atomic E-state index is 12.0. The molecule has 0 saturated carbocycles. The van der Waals surface area contributed by atoms with Crippen molar-refractivity contribution in [2.24, 2.45) is 0 Å². The van der Waals surface area contributed by atoms with Crippen LogP contribution in [-0.2, 0) is 10.0 Å². The topological polar surface area (TPSA) is 97.4 Å². The highest BCUT2D eigenvalue weighted by atomic mass is 32.2. The predicted molar refractivity (Wildman–Crippen MR) is 91.6 cm³/mol. The van der Waals surface area contributed by atoms with E-state index >= 15 is 0 Å². The first-order chi connectivity index (χ1) is 11.5. The first kappa shape index (κ1) is 17.7. The van der Waals surface area contributed by atoms with Crippen molar-refractivity contribution in [2.45, 2.75) is 6.92 Å². The number of nitrogens with one attached hydrogen (secondary N) is 2. The summed E-state index contributed by atoms with van der Waals surface area (Å²) in [5, 5.41) is 2.55. The van der Waals surface area contributed by atoms with E-state index < -0.39 is 10.0 Å². The van der Waals surface area contributed by atoms with E-state index in [1.54, 1.807) is 42.6 Å². The molecule has 0 aliphatic heterocycles. The highest BCUT2D eigenvalue weighted by molar-refractivity contribution is 7.92. The molecule has 0 aliphatic carbocycles. The molecular formula is C16H19N3O4S. The summed E-state index contributed by atoms with van der Waals surface area (Å²) >= 11 is 0. The summed E-state index contributed by atoms with van der Waals surface area (Å²) in [6, 6.07) is 9.86. The molecule has 1 heterocycles. The Hall–Kier alpha value is -2.61. The third kappa shape index (κ3) is 5.54. The van der Waals surface area contributed by atoms with Crippen molar-refractivity contribution in [3.05, 3.63) is 54.4 Å². The number of rotatable bonds is 8. The van der Waals surface area contributed by atoms with Gasteiger partial charge in [-0.05, 0) is 43.3 Å². The van der Waals surface area contributed by atoms with Crippen LogP contribution in [0.3, 0.4) is 0 Å². The molecule has 1 amide bonds. The molecule has 0 spiro atoms. The van der Waals surface area contributed by atoms with Gasteiger partial charge in [-0.1, -0.05) is 0 Å². The molecular weight excluding hydrogens is 330 g/mol. The molecule has 1 aromatic heterocycles. The molecule has 128 valence electrons. The van der Waals surface area contributed by atoms with Crippen LogP contribution < -0.4 is 14.8 Å². The highest BCUT2D eigenvalue weighted by Crippen LogP contribution is 2.16. The summed E-state index contributed by atoms with van der Waals surface area (Å²) in [5.41, 5.74) is 0.825. The number of sulfonamides is 1. The maximum Gasteiger partial charge on any atom is 0.252 e. The number of hydrogen-bond donors (Lipinski definition) is 2. The number of amides is 1. The van der Waals surface area contributed by atoms with E-state index in [0.717, 1.165) is 0 Å². The van der Waals surface area contributed by atoms with Crippen LogP contribution in [0.25, 0.3) is 0 Å². The van der Waals surface area contributed by atoms with Gasteiger partial charge in [-0.2, -0.15) is 0 Å². The zero-order valence-electron chi connectivity index (χ0n) is 13.2. The van der Waals surface area contributed by atoms with Crippen LogP contribution >= 0.6 is 0 Å². The first-order valence-electron chi connectivity index (χ1n) is 7.42. The maximum absolute atomic E-state index is 12.0. The largest absolute Gasteiger partial charge is 0.494 e. The van der Waals surface area contributed by atoms with Gasteiger partial charge < -0.3 is 10.1 Å². The number of pyridine rings is 1. The SMILES string of the molecule is CCOc1ccc(NS(=O)(=O)CCNC(=O)c2cccnc2)cc1. The lowest BCUT2D eigenvalue weighted by molar-refractivity contribution is 0.0956. The predicted octanol–water partition coefficient (Wildman–Crippen LogP) is 1.65. The second-order valence-electron chi connectivity index (χ2n) is 4.88. The lowest BCUT2D eigenvalue weighted by Gasteiger charge is -2.10. The molecule has 2 N–H and O–H groups in total. The van der Waals surface area contributed by atoms with Crippen molar-refractivity contribution >= 4 is 21.6 Å². The van der Waals surface area contributed by atoms with E-state index in [1.165, 1.54) is 6.20 Å².